The van der Waals surface area contributed by atoms with Crippen LogP contribution in [0, 0.1) is 5.41 Å². The van der Waals surface area contributed by atoms with Gasteiger partial charge in [0.05, 0.1) is 12.5 Å². The van der Waals surface area contributed by atoms with Crippen LogP contribution in [0.1, 0.15) is 69.8 Å². The molecule has 0 spiro atoms. The van der Waals surface area contributed by atoms with Crippen LogP contribution in [0.2, 0.25) is 0 Å². The largest absolute Gasteiger partial charge is 0.445 e. The number of nitrogens with one attached hydrogen (secondary N) is 3. The van der Waals surface area contributed by atoms with E-state index in [4.69, 9.17) is 10.1 Å². The van der Waals surface area contributed by atoms with Crippen LogP contribution in [-0.4, -0.2) is 36.6 Å². The topological polar surface area (TPSA) is 108 Å². The molecular weight excluding hydrogens is 406 g/mol. The first kappa shape index (κ1) is 25.3. The van der Waals surface area contributed by atoms with Gasteiger partial charge in [-0.05, 0) is 56.1 Å². The van der Waals surface area contributed by atoms with Crippen molar-refractivity contribution in [2.75, 3.05) is 6.54 Å². The average Bonchev–Trinajstić information content (AvgIpc) is 2.77. The summed E-state index contributed by atoms with van der Waals surface area (Å²) < 4.78 is 5.33. The highest BCUT2D eigenvalue weighted by Gasteiger charge is 2.24. The molecule has 0 aliphatic heterocycles. The molecule has 0 aromatic heterocycles. The Kier molecular flexibility index (Phi) is 11.8. The van der Waals surface area contributed by atoms with Crippen molar-refractivity contribution in [3.8, 4) is 0 Å². The highest BCUT2D eigenvalue weighted by Crippen LogP contribution is 2.20. The predicted molar refractivity (Wildman–Crippen MR) is 125 cm³/mol. The van der Waals surface area contributed by atoms with E-state index in [9.17, 15) is 14.4 Å². The van der Waals surface area contributed by atoms with Crippen molar-refractivity contribution >= 4 is 24.0 Å². The van der Waals surface area contributed by atoms with Crippen LogP contribution in [0.25, 0.3) is 0 Å². The molecule has 0 saturated heterocycles. The predicted octanol–water partition coefficient (Wildman–Crippen LogP) is 4.46. The molecule has 7 nitrogen and oxygen atoms in total. The smallest absolute Gasteiger partial charge is 0.408 e. The van der Waals surface area contributed by atoms with Crippen LogP contribution >= 0.6 is 0 Å². The van der Waals surface area contributed by atoms with Crippen molar-refractivity contribution < 1.29 is 19.1 Å². The van der Waals surface area contributed by atoms with E-state index in [0.717, 1.165) is 49.5 Å². The molecule has 1 aromatic carbocycles. The third-order valence-corrected chi connectivity index (χ3v) is 5.46. The van der Waals surface area contributed by atoms with Gasteiger partial charge < -0.3 is 20.8 Å². The molecule has 1 atom stereocenters. The number of hydrogen-bond acceptors (Lipinski definition) is 5. The van der Waals surface area contributed by atoms with Gasteiger partial charge in [0, 0.05) is 12.8 Å². The van der Waals surface area contributed by atoms with Crippen LogP contribution < -0.4 is 10.6 Å². The lowest BCUT2D eigenvalue weighted by Crippen LogP contribution is -2.42. The normalized spacial score (nSPS) is 14.8. The second kappa shape index (κ2) is 14.9. The van der Waals surface area contributed by atoms with E-state index in [1.54, 1.807) is 0 Å². The first-order valence-corrected chi connectivity index (χ1v) is 11.6. The molecule has 0 saturated carbocycles. The Morgan fingerprint density at radius 1 is 1.06 bits per heavy atom. The highest BCUT2D eigenvalue weighted by molar-refractivity contribution is 6.00. The molecule has 1 aromatic rings. The molecule has 2 rings (SSSR count). The Morgan fingerprint density at radius 2 is 1.84 bits per heavy atom. The summed E-state index contributed by atoms with van der Waals surface area (Å²) in [6.45, 7) is 0.629. The summed E-state index contributed by atoms with van der Waals surface area (Å²) in [6.07, 6.45) is 10.4. The summed E-state index contributed by atoms with van der Waals surface area (Å²) in [7, 11) is 0. The maximum Gasteiger partial charge on any atom is 0.408 e. The molecule has 1 aliphatic rings. The van der Waals surface area contributed by atoms with Crippen molar-refractivity contribution in [3.63, 3.8) is 0 Å². The maximum absolute atomic E-state index is 13.2. The van der Waals surface area contributed by atoms with Gasteiger partial charge >= 0.3 is 6.09 Å². The number of hydrogen-bond donors (Lipinski definition) is 3. The fourth-order valence-electron chi connectivity index (χ4n) is 3.68. The number of amides is 2. The van der Waals surface area contributed by atoms with E-state index in [-0.39, 0.29) is 24.7 Å². The number of Topliss-reactive ketones (excluding diaryl/α,β-unsaturated/α-hetero) is 1. The number of rotatable bonds is 12. The van der Waals surface area contributed by atoms with E-state index in [1.807, 2.05) is 36.4 Å². The fraction of sp³-hybridized carbons (Fsp3) is 0.520. The molecule has 7 heteroatoms. The maximum atomic E-state index is 13.2. The molecule has 3 N–H and O–H groups in total. The molecular formula is C25H35N3O4. The quantitative estimate of drug-likeness (QED) is 0.329. The Morgan fingerprint density at radius 3 is 2.62 bits per heavy atom. The van der Waals surface area contributed by atoms with Crippen molar-refractivity contribution in [2.24, 2.45) is 0 Å². The number of ether oxygens (including phenoxy) is 1. The van der Waals surface area contributed by atoms with E-state index >= 15 is 0 Å². The fourth-order valence-corrected chi connectivity index (χ4v) is 3.68. The van der Waals surface area contributed by atoms with Crippen molar-refractivity contribution in [1.29, 1.82) is 5.41 Å². The third-order valence-electron chi connectivity index (χ3n) is 5.46. The number of unbranched alkanes of at least 4 members (excludes halogenated alkanes) is 1. The summed E-state index contributed by atoms with van der Waals surface area (Å²) >= 11 is 0. The Hall–Kier alpha value is -2.96. The van der Waals surface area contributed by atoms with Gasteiger partial charge in [0.2, 0.25) is 5.91 Å². The second-order valence-corrected chi connectivity index (χ2v) is 8.06. The van der Waals surface area contributed by atoms with Crippen LogP contribution in [0.15, 0.2) is 42.0 Å². The van der Waals surface area contributed by atoms with E-state index in [1.165, 1.54) is 6.42 Å². The van der Waals surface area contributed by atoms with Crippen molar-refractivity contribution in [3.05, 3.63) is 47.5 Å². The summed E-state index contributed by atoms with van der Waals surface area (Å²) in [5.74, 6) is -0.216. The molecule has 0 radical (unpaired) electrons. The molecule has 1 aliphatic carbocycles. The van der Waals surface area contributed by atoms with E-state index < -0.39 is 12.1 Å². The average molecular weight is 442 g/mol. The van der Waals surface area contributed by atoms with Crippen LogP contribution in [0.5, 0.6) is 0 Å². The standard InChI is InChI=1S/C25H35N3O4/c26-17-16-23(29)27-18-10-9-15-22(24(30)21-13-7-2-1-3-8-14-21)28-25(31)32-19-20-11-5-4-6-12-20/h4-6,11-13,17,22,26H,1-3,7-10,14-16,18-19H2,(H,27,29)(H,28,31). The molecule has 0 bridgehead atoms. The molecule has 2 amide bonds. The van der Waals surface area contributed by atoms with Gasteiger partial charge in [0.1, 0.15) is 6.61 Å². The van der Waals surface area contributed by atoms with Gasteiger partial charge in [-0.2, -0.15) is 0 Å². The Labute approximate surface area is 190 Å². The minimum absolute atomic E-state index is 0.0311. The van der Waals surface area contributed by atoms with Gasteiger partial charge in [-0.3, -0.25) is 9.59 Å². The van der Waals surface area contributed by atoms with E-state index in [0.29, 0.717) is 25.8 Å². The highest BCUT2D eigenvalue weighted by atomic mass is 16.5. The SMILES string of the molecule is N=CCC(=O)NCCCCC(NC(=O)OCc1ccccc1)C(=O)C1=CCCCCCC1. The number of carbonyl (C=O) groups is 3. The van der Waals surface area contributed by atoms with Crippen LogP contribution in [0.3, 0.4) is 0 Å². The van der Waals surface area contributed by atoms with Crippen LogP contribution in [0.4, 0.5) is 4.79 Å². The lowest BCUT2D eigenvalue weighted by molar-refractivity contribution is -0.120. The number of benzene rings is 1. The van der Waals surface area contributed by atoms with E-state index in [2.05, 4.69) is 10.6 Å². The summed E-state index contributed by atoms with van der Waals surface area (Å²) in [6, 6.07) is 8.77. The number of ketones is 1. The van der Waals surface area contributed by atoms with Crippen molar-refractivity contribution in [1.82, 2.24) is 10.6 Å². The van der Waals surface area contributed by atoms with Gasteiger partial charge in [-0.25, -0.2) is 4.79 Å². The van der Waals surface area contributed by atoms with Crippen LogP contribution in [-0.2, 0) is 20.9 Å². The lowest BCUT2D eigenvalue weighted by atomic mass is 9.92. The zero-order chi connectivity index (χ0) is 23.0. The number of allylic oxidation sites excluding steroid dienone is 1. The second-order valence-electron chi connectivity index (χ2n) is 8.06. The van der Waals surface area contributed by atoms with Gasteiger partial charge in [0.15, 0.2) is 5.78 Å². The Balaban J connectivity index is 1.91. The Bertz CT molecular complexity index is 777. The molecule has 0 fully saturated rings. The molecule has 0 heterocycles. The minimum atomic E-state index is -0.638. The van der Waals surface area contributed by atoms with Gasteiger partial charge in [-0.15, -0.1) is 0 Å². The first-order valence-electron chi connectivity index (χ1n) is 11.6. The number of carbonyl (C=O) groups excluding carboxylic acids is 3. The molecule has 174 valence electrons. The monoisotopic (exact) mass is 441 g/mol. The summed E-state index contributed by atoms with van der Waals surface area (Å²) in [5.41, 5.74) is 1.69. The summed E-state index contributed by atoms with van der Waals surface area (Å²) in [4.78, 5) is 37.1. The van der Waals surface area contributed by atoms with Gasteiger partial charge in [-0.1, -0.05) is 49.2 Å². The zero-order valence-electron chi connectivity index (χ0n) is 18.7. The third kappa shape index (κ3) is 9.90. The molecule has 1 unspecified atom stereocenters. The zero-order valence-corrected chi connectivity index (χ0v) is 18.7. The summed E-state index contributed by atoms with van der Waals surface area (Å²) in [5, 5.41) is 12.5. The number of alkyl carbamates (subject to hydrolysis) is 1. The first-order chi connectivity index (χ1) is 15.6. The minimum Gasteiger partial charge on any atom is -0.445 e. The van der Waals surface area contributed by atoms with Crippen molar-refractivity contribution in [2.45, 2.75) is 76.9 Å². The molecule has 32 heavy (non-hydrogen) atoms. The lowest BCUT2D eigenvalue weighted by Gasteiger charge is -2.20. The van der Waals surface area contributed by atoms with Gasteiger partial charge in [0.25, 0.3) is 0 Å².